The summed E-state index contributed by atoms with van der Waals surface area (Å²) in [5.74, 6) is 1.83. The zero-order valence-electron chi connectivity index (χ0n) is 39.1. The number of aromatic nitrogens is 5. The van der Waals surface area contributed by atoms with E-state index in [1.165, 1.54) is 70.9 Å². The molecule has 0 amide bonds. The molecule has 1 aliphatic carbocycles. The summed E-state index contributed by atoms with van der Waals surface area (Å²) in [6.45, 7) is 4.63. The standard InChI is InChI=1S/C66H43N5/c1-66(2)56-28-14-10-25-49(56)50-35-33-42(37-57(50)66)64-67-63(40-18-4-3-5-19-40)68-65(69-64)71-60-31-17-13-27-52(60)55-38-54-51-26-12-16-30-59(51)70(61(54)39-62(55)71)58-29-15-11-20-43(58)41-32-34-48-46-23-7-6-21-44(46)45-22-8-9-24-47(45)53(48)36-41/h3-39H,1-2H3. The Balaban J connectivity index is 0.976. The van der Waals surface area contributed by atoms with Crippen molar-refractivity contribution in [1.82, 2.24) is 24.1 Å². The number of hydrogen-bond donors (Lipinski definition) is 0. The quantitative estimate of drug-likeness (QED) is 0.162. The van der Waals surface area contributed by atoms with Crippen LogP contribution in [-0.4, -0.2) is 24.1 Å². The maximum absolute atomic E-state index is 5.45. The van der Waals surface area contributed by atoms with E-state index >= 15 is 0 Å². The highest BCUT2D eigenvalue weighted by Crippen LogP contribution is 2.50. The van der Waals surface area contributed by atoms with Crippen LogP contribution in [0.25, 0.3) is 133 Å². The van der Waals surface area contributed by atoms with Crippen molar-refractivity contribution in [2.75, 3.05) is 0 Å². The van der Waals surface area contributed by atoms with Gasteiger partial charge in [0, 0.05) is 43.7 Å². The Hall–Kier alpha value is -9.19. The lowest BCUT2D eigenvalue weighted by molar-refractivity contribution is 0.660. The highest BCUT2D eigenvalue weighted by atomic mass is 15.2. The van der Waals surface area contributed by atoms with Gasteiger partial charge >= 0.3 is 0 Å². The van der Waals surface area contributed by atoms with Crippen LogP contribution in [0.15, 0.2) is 224 Å². The molecule has 5 heteroatoms. The van der Waals surface area contributed by atoms with Crippen molar-refractivity contribution in [2.45, 2.75) is 19.3 Å². The monoisotopic (exact) mass is 905 g/mol. The van der Waals surface area contributed by atoms with E-state index in [0.717, 1.165) is 55.2 Å². The van der Waals surface area contributed by atoms with Gasteiger partial charge in [0.25, 0.3) is 0 Å². The maximum atomic E-state index is 5.45. The molecule has 0 fully saturated rings. The zero-order chi connectivity index (χ0) is 47.0. The first-order chi connectivity index (χ1) is 35.0. The van der Waals surface area contributed by atoms with Crippen LogP contribution in [0.2, 0.25) is 0 Å². The molecule has 0 radical (unpaired) electrons. The van der Waals surface area contributed by atoms with Crippen LogP contribution < -0.4 is 0 Å². The lowest BCUT2D eigenvalue weighted by atomic mass is 9.82. The summed E-state index contributed by atoms with van der Waals surface area (Å²) in [5.41, 5.74) is 14.6. The molecule has 5 nitrogen and oxygen atoms in total. The molecule has 332 valence electrons. The topological polar surface area (TPSA) is 48.5 Å². The summed E-state index contributed by atoms with van der Waals surface area (Å²) < 4.78 is 4.71. The molecule has 0 N–H and O–H groups in total. The molecule has 15 rings (SSSR count). The lowest BCUT2D eigenvalue weighted by Gasteiger charge is -2.21. The zero-order valence-corrected chi connectivity index (χ0v) is 39.1. The molecule has 1 aliphatic rings. The molecule has 0 bridgehead atoms. The Morgan fingerprint density at radius 2 is 0.803 bits per heavy atom. The van der Waals surface area contributed by atoms with E-state index in [4.69, 9.17) is 15.0 Å². The minimum absolute atomic E-state index is 0.174. The molecule has 14 aromatic rings. The second-order valence-electron chi connectivity index (χ2n) is 19.5. The predicted octanol–water partition coefficient (Wildman–Crippen LogP) is 16.8. The molecule has 0 unspecified atom stereocenters. The van der Waals surface area contributed by atoms with E-state index in [1.54, 1.807) is 0 Å². The van der Waals surface area contributed by atoms with Crippen molar-refractivity contribution in [2.24, 2.45) is 0 Å². The van der Waals surface area contributed by atoms with Crippen LogP contribution in [0.1, 0.15) is 25.0 Å². The van der Waals surface area contributed by atoms with Crippen molar-refractivity contribution in [1.29, 1.82) is 0 Å². The van der Waals surface area contributed by atoms with Crippen LogP contribution in [0.5, 0.6) is 0 Å². The Kier molecular flexibility index (Phi) is 8.35. The molecule has 0 aliphatic heterocycles. The lowest BCUT2D eigenvalue weighted by Crippen LogP contribution is -2.15. The van der Waals surface area contributed by atoms with Crippen molar-refractivity contribution in [3.63, 3.8) is 0 Å². The van der Waals surface area contributed by atoms with Gasteiger partial charge in [-0.1, -0.05) is 196 Å². The fourth-order valence-electron chi connectivity index (χ4n) is 12.0. The minimum Gasteiger partial charge on any atom is -0.309 e. The average Bonchev–Trinajstić information content (AvgIpc) is 4.02. The average molecular weight is 906 g/mol. The van der Waals surface area contributed by atoms with Crippen molar-refractivity contribution in [3.05, 3.63) is 236 Å². The van der Waals surface area contributed by atoms with Crippen LogP contribution in [0, 0.1) is 0 Å². The number of nitrogens with zero attached hydrogens (tertiary/aromatic N) is 5. The van der Waals surface area contributed by atoms with E-state index < -0.39 is 0 Å². The van der Waals surface area contributed by atoms with E-state index in [-0.39, 0.29) is 5.41 Å². The first-order valence-corrected chi connectivity index (χ1v) is 24.4. The number of fused-ring (bicyclic) bond motifs is 15. The van der Waals surface area contributed by atoms with Gasteiger partial charge in [-0.3, -0.25) is 4.57 Å². The van der Waals surface area contributed by atoms with Gasteiger partial charge < -0.3 is 4.57 Å². The predicted molar refractivity (Wildman–Crippen MR) is 295 cm³/mol. The van der Waals surface area contributed by atoms with Gasteiger partial charge in [0.15, 0.2) is 11.6 Å². The van der Waals surface area contributed by atoms with Crippen LogP contribution in [-0.2, 0) is 5.41 Å². The third-order valence-electron chi connectivity index (χ3n) is 15.4. The largest absolute Gasteiger partial charge is 0.309 e. The summed E-state index contributed by atoms with van der Waals surface area (Å²) in [4.78, 5) is 16.1. The van der Waals surface area contributed by atoms with Crippen molar-refractivity contribution >= 4 is 75.9 Å². The molecule has 0 spiro atoms. The van der Waals surface area contributed by atoms with Gasteiger partial charge in [-0.2, -0.15) is 9.97 Å². The van der Waals surface area contributed by atoms with Gasteiger partial charge in [0.05, 0.1) is 27.8 Å². The van der Waals surface area contributed by atoms with E-state index in [1.807, 2.05) is 18.2 Å². The third-order valence-corrected chi connectivity index (χ3v) is 15.4. The van der Waals surface area contributed by atoms with Gasteiger partial charge in [0.1, 0.15) is 0 Å². The molecule has 3 aromatic heterocycles. The molecule has 3 heterocycles. The van der Waals surface area contributed by atoms with Crippen LogP contribution >= 0.6 is 0 Å². The molecule has 11 aromatic carbocycles. The fraction of sp³-hybridized carbons (Fsp3) is 0.0455. The summed E-state index contributed by atoms with van der Waals surface area (Å²) in [5, 5.41) is 12.2. The van der Waals surface area contributed by atoms with Crippen molar-refractivity contribution < 1.29 is 0 Å². The van der Waals surface area contributed by atoms with Gasteiger partial charge in [-0.15, -0.1) is 0 Å². The normalized spacial score (nSPS) is 13.0. The van der Waals surface area contributed by atoms with Gasteiger partial charge in [-0.05, 0) is 103 Å². The first-order valence-electron chi connectivity index (χ1n) is 24.4. The summed E-state index contributed by atoms with van der Waals surface area (Å²) in [7, 11) is 0. The van der Waals surface area contributed by atoms with E-state index in [2.05, 4.69) is 229 Å². The molecule has 0 saturated carbocycles. The summed E-state index contributed by atoms with van der Waals surface area (Å²) >= 11 is 0. The number of hydrogen-bond acceptors (Lipinski definition) is 3. The van der Waals surface area contributed by atoms with Crippen molar-refractivity contribution in [3.8, 4) is 56.7 Å². The molecular weight excluding hydrogens is 863 g/mol. The van der Waals surface area contributed by atoms with Gasteiger partial charge in [0.2, 0.25) is 5.95 Å². The third kappa shape index (κ3) is 5.78. The maximum Gasteiger partial charge on any atom is 0.238 e. The number of rotatable bonds is 5. The highest BCUT2D eigenvalue weighted by molar-refractivity contribution is 6.26. The summed E-state index contributed by atoms with van der Waals surface area (Å²) in [6, 6.07) is 81.5. The molecule has 0 atom stereocenters. The Labute approximate surface area is 409 Å². The van der Waals surface area contributed by atoms with Crippen LogP contribution in [0.4, 0.5) is 0 Å². The molecule has 0 saturated heterocycles. The smallest absolute Gasteiger partial charge is 0.238 e. The Morgan fingerprint density at radius 3 is 1.51 bits per heavy atom. The molecule has 71 heavy (non-hydrogen) atoms. The van der Waals surface area contributed by atoms with Crippen LogP contribution in [0.3, 0.4) is 0 Å². The highest BCUT2D eigenvalue weighted by Gasteiger charge is 2.35. The number of benzene rings is 11. The second-order valence-corrected chi connectivity index (χ2v) is 19.5. The number of para-hydroxylation sites is 3. The first kappa shape index (κ1) is 39.8. The van der Waals surface area contributed by atoms with E-state index in [9.17, 15) is 0 Å². The van der Waals surface area contributed by atoms with Gasteiger partial charge in [-0.25, -0.2) is 4.98 Å². The Morgan fingerprint density at radius 1 is 0.296 bits per heavy atom. The summed E-state index contributed by atoms with van der Waals surface area (Å²) in [6.07, 6.45) is 0. The molecular formula is C66H43N5. The second kappa shape index (κ2) is 14.9. The fourth-order valence-corrected chi connectivity index (χ4v) is 12.0. The minimum atomic E-state index is -0.174. The van der Waals surface area contributed by atoms with E-state index in [0.29, 0.717) is 17.6 Å². The Bertz CT molecular complexity index is 4520. The SMILES string of the molecule is CC1(C)c2ccccc2-c2ccc(-c3nc(-c4ccccc4)nc(-n4c5ccccc5c5cc6c7ccccc7n(-c7ccccc7-c7ccc8c9ccccc9c9ccccc9c8c7)c6cc54)n3)cc21.